The predicted octanol–water partition coefficient (Wildman–Crippen LogP) is 7.17. The summed E-state index contributed by atoms with van der Waals surface area (Å²) < 4.78 is 5.30. The smallest absolute Gasteiger partial charge is 0.320 e. The lowest BCUT2D eigenvalue weighted by Crippen LogP contribution is -2.26. The predicted molar refractivity (Wildman–Crippen MR) is 128 cm³/mol. The molecule has 0 aliphatic heterocycles. The lowest BCUT2D eigenvalue weighted by Gasteiger charge is -2.07. The molecule has 4 heteroatoms. The van der Waals surface area contributed by atoms with Crippen molar-refractivity contribution in [3.05, 3.63) is 24.3 Å². The van der Waals surface area contributed by atoms with Gasteiger partial charge >= 0.3 is 5.97 Å². The van der Waals surface area contributed by atoms with Crippen molar-refractivity contribution in [1.29, 1.82) is 0 Å². The number of allylic oxidation sites excluding steroid dienone is 2. The molecule has 0 bridgehead atoms. The molecular weight excluding hydrogens is 414 g/mol. The molecule has 1 unspecified atom stereocenters. The first kappa shape index (κ1) is 29.6. The highest BCUT2D eigenvalue weighted by Gasteiger charge is 2.02. The number of carbonyl (C=O) groups excluding carboxylic acids is 1. The van der Waals surface area contributed by atoms with E-state index in [4.69, 9.17) is 4.74 Å². The number of unbranched alkanes of at least 4 members (excludes halogenated alkanes) is 9. The quantitative estimate of drug-likeness (QED) is 0.126. The molecule has 1 N–H and O–H groups in total. The Labute approximate surface area is 185 Å². The van der Waals surface area contributed by atoms with Crippen LogP contribution in [0.3, 0.4) is 0 Å². The van der Waals surface area contributed by atoms with Crippen molar-refractivity contribution in [3.8, 4) is 0 Å². The standard InChI is InChI=1S/C24H45NO2.BrH/c1-5-7-8-9-10-11-12-13-14-15-19-25-20-24(26)27-21-23(4)18-16-17-22(3)6-2;/h6,18,22,25H,2,5,7-17,19-21H2,1,3-4H3;1H. The third kappa shape index (κ3) is 21.7. The molecule has 0 saturated carbocycles. The van der Waals surface area contributed by atoms with Gasteiger partial charge in [-0.05, 0) is 44.2 Å². The van der Waals surface area contributed by atoms with Crippen LogP contribution in [0.5, 0.6) is 0 Å². The van der Waals surface area contributed by atoms with Gasteiger partial charge in [0.25, 0.3) is 0 Å². The highest BCUT2D eigenvalue weighted by Crippen LogP contribution is 2.10. The fourth-order valence-corrected chi connectivity index (χ4v) is 2.94. The Hall–Kier alpha value is -0.610. The van der Waals surface area contributed by atoms with Crippen molar-refractivity contribution in [1.82, 2.24) is 5.32 Å². The van der Waals surface area contributed by atoms with E-state index in [1.165, 1.54) is 57.8 Å². The molecule has 0 amide bonds. The van der Waals surface area contributed by atoms with Gasteiger partial charge in [0.05, 0.1) is 6.54 Å². The molecule has 28 heavy (non-hydrogen) atoms. The van der Waals surface area contributed by atoms with Gasteiger partial charge in [0, 0.05) is 0 Å². The van der Waals surface area contributed by atoms with Gasteiger partial charge in [0.2, 0.25) is 0 Å². The van der Waals surface area contributed by atoms with Crippen LogP contribution >= 0.6 is 17.0 Å². The van der Waals surface area contributed by atoms with E-state index in [-0.39, 0.29) is 23.0 Å². The van der Waals surface area contributed by atoms with E-state index in [1.54, 1.807) is 0 Å². The molecule has 166 valence electrons. The topological polar surface area (TPSA) is 38.3 Å². The number of halogens is 1. The molecule has 0 heterocycles. The highest BCUT2D eigenvalue weighted by atomic mass is 79.9. The van der Waals surface area contributed by atoms with Gasteiger partial charge in [-0.15, -0.1) is 23.6 Å². The second kappa shape index (κ2) is 22.7. The van der Waals surface area contributed by atoms with E-state index >= 15 is 0 Å². The summed E-state index contributed by atoms with van der Waals surface area (Å²) in [5.41, 5.74) is 1.12. The summed E-state index contributed by atoms with van der Waals surface area (Å²) in [4.78, 5) is 11.7. The van der Waals surface area contributed by atoms with Gasteiger partial charge in [-0.2, -0.15) is 0 Å². The second-order valence-electron chi connectivity index (χ2n) is 7.86. The van der Waals surface area contributed by atoms with Crippen LogP contribution in [0.1, 0.15) is 97.8 Å². The summed E-state index contributed by atoms with van der Waals surface area (Å²) in [5.74, 6) is 0.376. The Morgan fingerprint density at radius 3 is 2.18 bits per heavy atom. The Morgan fingerprint density at radius 1 is 1.04 bits per heavy atom. The molecule has 0 rings (SSSR count). The SMILES string of the molecule is Br.C=CC(C)CCC=C(C)COC(=O)CNCCCCCCCCCCCC. The number of carbonyl (C=O) groups is 1. The van der Waals surface area contributed by atoms with Gasteiger partial charge < -0.3 is 10.1 Å². The summed E-state index contributed by atoms with van der Waals surface area (Å²) in [7, 11) is 0. The third-order valence-corrected chi connectivity index (χ3v) is 4.95. The second-order valence-corrected chi connectivity index (χ2v) is 7.86. The van der Waals surface area contributed by atoms with E-state index in [0.717, 1.165) is 31.4 Å². The normalized spacial score (nSPS) is 12.3. The first-order valence-corrected chi connectivity index (χ1v) is 11.2. The zero-order chi connectivity index (χ0) is 20.2. The fraction of sp³-hybridized carbons (Fsp3) is 0.792. The molecule has 0 saturated heterocycles. The molecule has 0 aromatic carbocycles. The van der Waals surface area contributed by atoms with E-state index in [0.29, 0.717) is 19.1 Å². The van der Waals surface area contributed by atoms with E-state index in [9.17, 15) is 4.79 Å². The maximum atomic E-state index is 11.7. The molecule has 3 nitrogen and oxygen atoms in total. The Kier molecular flexibility index (Phi) is 24.0. The highest BCUT2D eigenvalue weighted by molar-refractivity contribution is 8.93. The van der Waals surface area contributed by atoms with Crippen molar-refractivity contribution in [2.24, 2.45) is 5.92 Å². The van der Waals surface area contributed by atoms with Crippen LogP contribution in [0.25, 0.3) is 0 Å². The summed E-state index contributed by atoms with van der Waals surface area (Å²) in [5, 5.41) is 3.19. The zero-order valence-corrected chi connectivity index (χ0v) is 20.5. The first-order valence-electron chi connectivity index (χ1n) is 11.2. The number of nitrogens with one attached hydrogen (secondary N) is 1. The van der Waals surface area contributed by atoms with Crippen LogP contribution < -0.4 is 5.32 Å². The van der Waals surface area contributed by atoms with E-state index in [1.807, 2.05) is 13.0 Å². The van der Waals surface area contributed by atoms with Gasteiger partial charge in [0.15, 0.2) is 0 Å². The molecule has 0 aliphatic carbocycles. The van der Waals surface area contributed by atoms with Gasteiger partial charge in [-0.3, -0.25) is 4.79 Å². The van der Waals surface area contributed by atoms with E-state index in [2.05, 4.69) is 31.8 Å². The van der Waals surface area contributed by atoms with Crippen LogP contribution in [-0.4, -0.2) is 25.7 Å². The molecule has 0 radical (unpaired) electrons. The van der Waals surface area contributed by atoms with E-state index < -0.39 is 0 Å². The van der Waals surface area contributed by atoms with Crippen LogP contribution in [0.2, 0.25) is 0 Å². The lowest BCUT2D eigenvalue weighted by molar-refractivity contribution is -0.141. The van der Waals surface area contributed by atoms with Gasteiger partial charge in [0.1, 0.15) is 6.61 Å². The molecule has 0 spiro atoms. The summed E-state index contributed by atoms with van der Waals surface area (Å²) >= 11 is 0. The molecular formula is C24H46BrNO2. The molecule has 0 aromatic heterocycles. The number of esters is 1. The van der Waals surface area contributed by atoms with Crippen molar-refractivity contribution >= 4 is 23.0 Å². The number of hydrogen-bond donors (Lipinski definition) is 1. The maximum Gasteiger partial charge on any atom is 0.320 e. The molecule has 0 aliphatic rings. The Bertz CT molecular complexity index is 396. The average Bonchev–Trinajstić information content (AvgIpc) is 2.67. The fourth-order valence-electron chi connectivity index (χ4n) is 2.94. The largest absolute Gasteiger partial charge is 0.460 e. The van der Waals surface area contributed by atoms with Crippen LogP contribution in [-0.2, 0) is 9.53 Å². The number of ether oxygens (including phenoxy) is 1. The van der Waals surface area contributed by atoms with Crippen LogP contribution in [0.4, 0.5) is 0 Å². The summed E-state index contributed by atoms with van der Waals surface area (Å²) in [6.45, 7) is 11.9. The van der Waals surface area contributed by atoms with Gasteiger partial charge in [-0.1, -0.05) is 83.8 Å². The monoisotopic (exact) mass is 459 g/mol. The van der Waals surface area contributed by atoms with Crippen LogP contribution in [0.15, 0.2) is 24.3 Å². The number of hydrogen-bond acceptors (Lipinski definition) is 3. The minimum Gasteiger partial charge on any atom is -0.460 e. The lowest BCUT2D eigenvalue weighted by atomic mass is 10.1. The van der Waals surface area contributed by atoms with Crippen molar-refractivity contribution in [2.45, 2.75) is 97.8 Å². The molecule has 0 fully saturated rings. The third-order valence-electron chi connectivity index (χ3n) is 4.95. The minimum absolute atomic E-state index is 0. The molecule has 1 atom stereocenters. The van der Waals surface area contributed by atoms with Gasteiger partial charge in [-0.25, -0.2) is 0 Å². The molecule has 0 aromatic rings. The summed E-state index contributed by atoms with van der Waals surface area (Å²) in [6.07, 6.45) is 19.6. The van der Waals surface area contributed by atoms with Crippen molar-refractivity contribution in [3.63, 3.8) is 0 Å². The van der Waals surface area contributed by atoms with Crippen molar-refractivity contribution < 1.29 is 9.53 Å². The Balaban J connectivity index is 0. The van der Waals surface area contributed by atoms with Crippen molar-refractivity contribution in [2.75, 3.05) is 19.7 Å². The summed E-state index contributed by atoms with van der Waals surface area (Å²) in [6, 6.07) is 0. The maximum absolute atomic E-state index is 11.7. The van der Waals surface area contributed by atoms with Crippen LogP contribution in [0, 0.1) is 5.92 Å². The zero-order valence-electron chi connectivity index (χ0n) is 18.8. The Morgan fingerprint density at radius 2 is 1.61 bits per heavy atom. The average molecular weight is 461 g/mol. The number of rotatable bonds is 19. The first-order chi connectivity index (χ1) is 13.1. The minimum atomic E-state index is -0.158.